The van der Waals surface area contributed by atoms with E-state index in [0.717, 1.165) is 11.3 Å². The smallest absolute Gasteiger partial charge is 0.221 e. The fraction of sp³-hybridized carbons (Fsp3) is 0.188. The Morgan fingerprint density at radius 1 is 1.00 bits per heavy atom. The number of aryl methyl sites for hydroxylation is 2. The number of carbonyl (C=O) groups is 1. The largest absolute Gasteiger partial charge is 0.326 e. The third-order valence-electron chi connectivity index (χ3n) is 2.91. The molecule has 0 heterocycles. The van der Waals surface area contributed by atoms with Crippen LogP contribution in [0.5, 0.6) is 0 Å². The van der Waals surface area contributed by atoms with Crippen LogP contribution in [0.4, 0.5) is 5.69 Å². The predicted octanol–water partition coefficient (Wildman–Crippen LogP) is 3.93. The van der Waals surface area contributed by atoms with Gasteiger partial charge >= 0.3 is 0 Å². The van der Waals surface area contributed by atoms with E-state index in [0.29, 0.717) is 0 Å². The lowest BCUT2D eigenvalue weighted by atomic mass is 9.99. The molecule has 0 radical (unpaired) electrons. The number of anilines is 1. The molecule has 2 aromatic carbocycles. The molecule has 0 unspecified atom stereocenters. The Bertz CT molecular complexity index is 570. The quantitative estimate of drug-likeness (QED) is 0.845. The summed E-state index contributed by atoms with van der Waals surface area (Å²) >= 11 is 0. The zero-order chi connectivity index (χ0) is 13.1. The lowest BCUT2D eigenvalue weighted by Crippen LogP contribution is -2.05. The minimum atomic E-state index is -0.0440. The zero-order valence-electron chi connectivity index (χ0n) is 10.9. The van der Waals surface area contributed by atoms with Crippen molar-refractivity contribution in [3.05, 3.63) is 53.6 Å². The van der Waals surface area contributed by atoms with Gasteiger partial charge in [-0.2, -0.15) is 0 Å². The van der Waals surface area contributed by atoms with Crippen LogP contribution in [0.3, 0.4) is 0 Å². The molecule has 1 amide bonds. The third-order valence-corrected chi connectivity index (χ3v) is 2.91. The van der Waals surface area contributed by atoms with Crippen LogP contribution in [0.25, 0.3) is 11.1 Å². The molecule has 0 aliphatic heterocycles. The van der Waals surface area contributed by atoms with Crippen LogP contribution in [-0.4, -0.2) is 5.91 Å². The standard InChI is InChI=1S/C16H17NO/c1-11-4-6-14(7-5-11)16-9-8-15(10-12(16)2)17-13(3)18/h4-10H,1-3H3,(H,17,18). The molecule has 0 saturated heterocycles. The van der Waals surface area contributed by atoms with E-state index < -0.39 is 0 Å². The zero-order valence-corrected chi connectivity index (χ0v) is 10.9. The Labute approximate surface area is 108 Å². The van der Waals surface area contributed by atoms with Gasteiger partial charge in [0.2, 0.25) is 5.91 Å². The van der Waals surface area contributed by atoms with Gasteiger partial charge in [-0.25, -0.2) is 0 Å². The van der Waals surface area contributed by atoms with Gasteiger partial charge < -0.3 is 5.32 Å². The summed E-state index contributed by atoms with van der Waals surface area (Å²) in [5.74, 6) is -0.0440. The highest BCUT2D eigenvalue weighted by Gasteiger charge is 2.03. The highest BCUT2D eigenvalue weighted by atomic mass is 16.1. The monoisotopic (exact) mass is 239 g/mol. The maximum atomic E-state index is 11.0. The van der Waals surface area contributed by atoms with Crippen molar-refractivity contribution in [2.45, 2.75) is 20.8 Å². The summed E-state index contributed by atoms with van der Waals surface area (Å²) in [5.41, 5.74) is 5.66. The molecule has 0 aliphatic rings. The molecule has 0 aliphatic carbocycles. The van der Waals surface area contributed by atoms with Crippen LogP contribution in [-0.2, 0) is 4.79 Å². The summed E-state index contributed by atoms with van der Waals surface area (Å²) in [5, 5.41) is 2.79. The topological polar surface area (TPSA) is 29.1 Å². The summed E-state index contributed by atoms with van der Waals surface area (Å²) in [6.07, 6.45) is 0. The molecule has 2 heteroatoms. The normalized spacial score (nSPS) is 10.2. The Balaban J connectivity index is 2.35. The average molecular weight is 239 g/mol. The summed E-state index contributed by atoms with van der Waals surface area (Å²) in [4.78, 5) is 11.0. The number of carbonyl (C=O) groups excluding carboxylic acids is 1. The number of rotatable bonds is 2. The SMILES string of the molecule is CC(=O)Nc1ccc(-c2ccc(C)cc2)c(C)c1. The Morgan fingerprint density at radius 2 is 1.67 bits per heavy atom. The lowest BCUT2D eigenvalue weighted by molar-refractivity contribution is -0.114. The van der Waals surface area contributed by atoms with E-state index in [9.17, 15) is 4.79 Å². The number of hydrogen-bond acceptors (Lipinski definition) is 1. The first-order valence-electron chi connectivity index (χ1n) is 6.01. The van der Waals surface area contributed by atoms with E-state index in [1.54, 1.807) is 0 Å². The van der Waals surface area contributed by atoms with Crippen molar-refractivity contribution >= 4 is 11.6 Å². The average Bonchev–Trinajstić information content (AvgIpc) is 2.30. The Morgan fingerprint density at radius 3 is 2.22 bits per heavy atom. The van der Waals surface area contributed by atoms with Crippen molar-refractivity contribution in [1.29, 1.82) is 0 Å². The second-order valence-corrected chi connectivity index (χ2v) is 4.58. The summed E-state index contributed by atoms with van der Waals surface area (Å²) < 4.78 is 0. The van der Waals surface area contributed by atoms with Gasteiger partial charge in [-0.1, -0.05) is 35.9 Å². The van der Waals surface area contributed by atoms with E-state index in [2.05, 4.69) is 43.4 Å². The minimum Gasteiger partial charge on any atom is -0.326 e. The van der Waals surface area contributed by atoms with Gasteiger partial charge in [-0.3, -0.25) is 4.79 Å². The molecule has 92 valence electrons. The maximum absolute atomic E-state index is 11.0. The predicted molar refractivity (Wildman–Crippen MR) is 75.7 cm³/mol. The minimum absolute atomic E-state index is 0.0440. The lowest BCUT2D eigenvalue weighted by Gasteiger charge is -2.09. The van der Waals surface area contributed by atoms with Gasteiger partial charge in [-0.05, 0) is 42.7 Å². The van der Waals surface area contributed by atoms with Crippen LogP contribution in [0, 0.1) is 13.8 Å². The molecular weight excluding hydrogens is 222 g/mol. The molecule has 18 heavy (non-hydrogen) atoms. The highest BCUT2D eigenvalue weighted by Crippen LogP contribution is 2.26. The van der Waals surface area contributed by atoms with Crippen LogP contribution in [0.1, 0.15) is 18.1 Å². The molecule has 0 saturated carbocycles. The first-order valence-corrected chi connectivity index (χ1v) is 6.01. The number of hydrogen-bond donors (Lipinski definition) is 1. The fourth-order valence-electron chi connectivity index (χ4n) is 2.00. The molecule has 0 atom stereocenters. The van der Waals surface area contributed by atoms with Crippen LogP contribution >= 0.6 is 0 Å². The number of nitrogens with one attached hydrogen (secondary N) is 1. The summed E-state index contributed by atoms with van der Waals surface area (Å²) in [6.45, 7) is 5.65. The molecule has 2 rings (SSSR count). The van der Waals surface area contributed by atoms with Gasteiger partial charge in [-0.15, -0.1) is 0 Å². The first kappa shape index (κ1) is 12.4. The van der Waals surface area contributed by atoms with E-state index in [4.69, 9.17) is 0 Å². The van der Waals surface area contributed by atoms with Crippen molar-refractivity contribution in [1.82, 2.24) is 0 Å². The highest BCUT2D eigenvalue weighted by molar-refractivity contribution is 5.89. The Kier molecular flexibility index (Phi) is 3.47. The summed E-state index contributed by atoms with van der Waals surface area (Å²) in [7, 11) is 0. The van der Waals surface area contributed by atoms with Gasteiger partial charge in [0, 0.05) is 12.6 Å². The van der Waals surface area contributed by atoms with Gasteiger partial charge in [0.25, 0.3) is 0 Å². The molecule has 1 N–H and O–H groups in total. The molecule has 0 bridgehead atoms. The van der Waals surface area contributed by atoms with Crippen LogP contribution < -0.4 is 5.32 Å². The van der Waals surface area contributed by atoms with Gasteiger partial charge in [0.05, 0.1) is 0 Å². The molecule has 0 fully saturated rings. The van der Waals surface area contributed by atoms with Crippen molar-refractivity contribution in [2.24, 2.45) is 0 Å². The van der Waals surface area contributed by atoms with Crippen molar-refractivity contribution < 1.29 is 4.79 Å². The fourth-order valence-corrected chi connectivity index (χ4v) is 2.00. The summed E-state index contributed by atoms with van der Waals surface area (Å²) in [6, 6.07) is 14.4. The molecule has 0 spiro atoms. The van der Waals surface area contributed by atoms with Crippen LogP contribution in [0.15, 0.2) is 42.5 Å². The van der Waals surface area contributed by atoms with Crippen molar-refractivity contribution in [3.63, 3.8) is 0 Å². The van der Waals surface area contributed by atoms with Crippen LogP contribution in [0.2, 0.25) is 0 Å². The van der Waals surface area contributed by atoms with E-state index in [-0.39, 0.29) is 5.91 Å². The number of benzene rings is 2. The van der Waals surface area contributed by atoms with Crippen molar-refractivity contribution in [3.8, 4) is 11.1 Å². The Hall–Kier alpha value is -2.09. The second kappa shape index (κ2) is 5.05. The number of amides is 1. The third kappa shape index (κ3) is 2.77. The first-order chi connectivity index (χ1) is 8.56. The molecule has 0 aromatic heterocycles. The molecular formula is C16H17NO. The molecule has 2 aromatic rings. The molecule has 2 nitrogen and oxygen atoms in total. The van der Waals surface area contributed by atoms with E-state index in [1.165, 1.54) is 23.6 Å². The van der Waals surface area contributed by atoms with Gasteiger partial charge in [0.1, 0.15) is 0 Å². The van der Waals surface area contributed by atoms with Crippen molar-refractivity contribution in [2.75, 3.05) is 5.32 Å². The maximum Gasteiger partial charge on any atom is 0.221 e. The second-order valence-electron chi connectivity index (χ2n) is 4.58. The van der Waals surface area contributed by atoms with E-state index >= 15 is 0 Å². The van der Waals surface area contributed by atoms with Gasteiger partial charge in [0.15, 0.2) is 0 Å². The van der Waals surface area contributed by atoms with E-state index in [1.807, 2.05) is 18.2 Å².